The van der Waals surface area contributed by atoms with Crippen LogP contribution in [0.4, 0.5) is 0 Å². The number of carbonyl (C=O) groups excluding carboxylic acids is 1. The fourth-order valence-corrected chi connectivity index (χ4v) is 4.19. The average Bonchev–Trinajstić information content (AvgIpc) is 2.68. The van der Waals surface area contributed by atoms with Crippen LogP contribution < -0.4 is 0 Å². The molecule has 0 bridgehead atoms. The summed E-state index contributed by atoms with van der Waals surface area (Å²) in [6.45, 7) is 2.22. The Morgan fingerprint density at radius 2 is 1.48 bits per heavy atom. The van der Waals surface area contributed by atoms with Gasteiger partial charge in [0.15, 0.2) is 0 Å². The summed E-state index contributed by atoms with van der Waals surface area (Å²) in [7, 11) is 0. The molecular weight excluding hydrogens is 304 g/mol. The van der Waals surface area contributed by atoms with E-state index in [4.69, 9.17) is 0 Å². The minimum absolute atomic E-state index is 0.702. The summed E-state index contributed by atoms with van der Waals surface area (Å²) >= 11 is 0. The first-order chi connectivity index (χ1) is 12.3. The van der Waals surface area contributed by atoms with Gasteiger partial charge < -0.3 is 4.79 Å². The van der Waals surface area contributed by atoms with E-state index in [-0.39, 0.29) is 0 Å². The van der Waals surface area contributed by atoms with E-state index in [0.29, 0.717) is 5.92 Å². The molecule has 0 unspecified atom stereocenters. The molecular formula is C24H30O. The average molecular weight is 335 g/mol. The van der Waals surface area contributed by atoms with E-state index in [1.54, 1.807) is 0 Å². The summed E-state index contributed by atoms with van der Waals surface area (Å²) in [4.78, 5) is 10.5. The van der Waals surface area contributed by atoms with Crippen LogP contribution in [0.15, 0.2) is 48.5 Å². The molecule has 0 N–H and O–H groups in total. The molecule has 0 atom stereocenters. The highest BCUT2D eigenvalue weighted by atomic mass is 16.1. The van der Waals surface area contributed by atoms with E-state index in [0.717, 1.165) is 31.5 Å². The zero-order chi connectivity index (χ0) is 17.5. The van der Waals surface area contributed by atoms with Gasteiger partial charge in [0.1, 0.15) is 6.29 Å². The predicted molar refractivity (Wildman–Crippen MR) is 106 cm³/mol. The second kappa shape index (κ2) is 8.99. The Hall–Kier alpha value is -1.89. The van der Waals surface area contributed by atoms with Gasteiger partial charge in [-0.05, 0) is 72.6 Å². The van der Waals surface area contributed by atoms with Crippen LogP contribution in [0.25, 0.3) is 11.1 Å². The molecule has 1 fully saturated rings. The molecule has 0 saturated heterocycles. The molecule has 1 heteroatoms. The van der Waals surface area contributed by atoms with Gasteiger partial charge >= 0.3 is 0 Å². The van der Waals surface area contributed by atoms with Crippen LogP contribution in [0.3, 0.4) is 0 Å². The van der Waals surface area contributed by atoms with Gasteiger partial charge in [-0.25, -0.2) is 0 Å². The van der Waals surface area contributed by atoms with Crippen molar-refractivity contribution in [1.29, 1.82) is 0 Å². The third-order valence-corrected chi connectivity index (χ3v) is 5.75. The molecule has 25 heavy (non-hydrogen) atoms. The molecule has 0 spiro atoms. The first-order valence-electron chi connectivity index (χ1n) is 9.93. The standard InChI is InChI=1S/C24H30O/c1-2-4-19-6-10-21(11-7-19)23-14-16-24(17-15-23)22-12-8-20(9-13-22)5-3-18-25/h6-7,10-11,14-18,20,22H,2-5,8-9,12-13H2,1H3. The van der Waals surface area contributed by atoms with E-state index in [1.165, 1.54) is 54.4 Å². The lowest BCUT2D eigenvalue weighted by molar-refractivity contribution is -0.108. The number of carbonyl (C=O) groups is 1. The minimum Gasteiger partial charge on any atom is -0.303 e. The maximum absolute atomic E-state index is 10.5. The molecule has 1 aliphatic carbocycles. The van der Waals surface area contributed by atoms with E-state index in [1.807, 2.05) is 0 Å². The number of hydrogen-bond donors (Lipinski definition) is 0. The van der Waals surface area contributed by atoms with Crippen molar-refractivity contribution in [3.05, 3.63) is 59.7 Å². The second-order valence-corrected chi connectivity index (χ2v) is 7.53. The number of aryl methyl sites for hydroxylation is 1. The highest BCUT2D eigenvalue weighted by Crippen LogP contribution is 2.37. The Kier molecular flexibility index (Phi) is 6.44. The molecule has 3 rings (SSSR count). The van der Waals surface area contributed by atoms with Crippen molar-refractivity contribution < 1.29 is 4.79 Å². The first kappa shape index (κ1) is 17.9. The summed E-state index contributed by atoms with van der Waals surface area (Å²) in [5, 5.41) is 0. The van der Waals surface area contributed by atoms with E-state index in [9.17, 15) is 4.79 Å². The summed E-state index contributed by atoms with van der Waals surface area (Å²) < 4.78 is 0. The summed E-state index contributed by atoms with van der Waals surface area (Å²) in [6, 6.07) is 18.2. The lowest BCUT2D eigenvalue weighted by Gasteiger charge is -2.28. The zero-order valence-electron chi connectivity index (χ0n) is 15.4. The van der Waals surface area contributed by atoms with Crippen molar-refractivity contribution in [2.45, 2.75) is 64.2 Å². The van der Waals surface area contributed by atoms with Crippen LogP contribution in [0.2, 0.25) is 0 Å². The zero-order valence-corrected chi connectivity index (χ0v) is 15.4. The maximum atomic E-state index is 10.5. The Balaban J connectivity index is 1.60. The lowest BCUT2D eigenvalue weighted by atomic mass is 9.77. The first-order valence-corrected chi connectivity index (χ1v) is 9.93. The molecule has 1 saturated carbocycles. The van der Waals surface area contributed by atoms with E-state index < -0.39 is 0 Å². The van der Waals surface area contributed by atoms with Gasteiger partial charge in [0.2, 0.25) is 0 Å². The molecule has 0 heterocycles. The molecule has 0 aromatic heterocycles. The maximum Gasteiger partial charge on any atom is 0.120 e. The van der Waals surface area contributed by atoms with Gasteiger partial charge in [-0.3, -0.25) is 0 Å². The molecule has 0 amide bonds. The van der Waals surface area contributed by atoms with Gasteiger partial charge in [-0.1, -0.05) is 61.9 Å². The van der Waals surface area contributed by atoms with Gasteiger partial charge in [-0.2, -0.15) is 0 Å². The largest absolute Gasteiger partial charge is 0.303 e. The van der Waals surface area contributed by atoms with Gasteiger partial charge in [0.05, 0.1) is 0 Å². The van der Waals surface area contributed by atoms with E-state index in [2.05, 4.69) is 55.5 Å². The highest BCUT2D eigenvalue weighted by Gasteiger charge is 2.21. The smallest absolute Gasteiger partial charge is 0.120 e. The Labute approximate surface area is 152 Å². The third-order valence-electron chi connectivity index (χ3n) is 5.75. The highest BCUT2D eigenvalue weighted by molar-refractivity contribution is 5.64. The lowest BCUT2D eigenvalue weighted by Crippen LogP contribution is -2.13. The fourth-order valence-electron chi connectivity index (χ4n) is 4.19. The van der Waals surface area contributed by atoms with Gasteiger partial charge in [0.25, 0.3) is 0 Å². The van der Waals surface area contributed by atoms with Crippen LogP contribution in [-0.4, -0.2) is 6.29 Å². The van der Waals surface area contributed by atoms with Crippen molar-refractivity contribution in [3.8, 4) is 11.1 Å². The Morgan fingerprint density at radius 3 is 2.04 bits per heavy atom. The normalized spacial score (nSPS) is 20.4. The Morgan fingerprint density at radius 1 is 0.880 bits per heavy atom. The number of rotatable bonds is 7. The van der Waals surface area contributed by atoms with Crippen LogP contribution in [-0.2, 0) is 11.2 Å². The van der Waals surface area contributed by atoms with Crippen LogP contribution >= 0.6 is 0 Å². The van der Waals surface area contributed by atoms with Crippen LogP contribution in [0.1, 0.15) is 68.9 Å². The summed E-state index contributed by atoms with van der Waals surface area (Å²) in [5.41, 5.74) is 5.53. The topological polar surface area (TPSA) is 17.1 Å². The van der Waals surface area contributed by atoms with Crippen molar-refractivity contribution in [3.63, 3.8) is 0 Å². The number of benzene rings is 2. The SMILES string of the molecule is CCCc1ccc(-c2ccc(C3CCC(CCC=O)CC3)cc2)cc1. The van der Waals surface area contributed by atoms with Crippen LogP contribution in [0, 0.1) is 5.92 Å². The van der Waals surface area contributed by atoms with Gasteiger partial charge in [0, 0.05) is 6.42 Å². The second-order valence-electron chi connectivity index (χ2n) is 7.53. The van der Waals surface area contributed by atoms with Crippen molar-refractivity contribution in [2.24, 2.45) is 5.92 Å². The molecule has 1 aliphatic rings. The number of aldehydes is 1. The minimum atomic E-state index is 0.702. The van der Waals surface area contributed by atoms with Crippen molar-refractivity contribution in [2.75, 3.05) is 0 Å². The number of hydrogen-bond acceptors (Lipinski definition) is 1. The Bertz CT molecular complexity index is 645. The van der Waals surface area contributed by atoms with Crippen LogP contribution in [0.5, 0.6) is 0 Å². The molecule has 132 valence electrons. The quantitative estimate of drug-likeness (QED) is 0.524. The molecule has 1 nitrogen and oxygen atoms in total. The molecule has 0 aliphatic heterocycles. The summed E-state index contributed by atoms with van der Waals surface area (Å²) in [6.07, 6.45) is 10.4. The molecule has 0 radical (unpaired) electrons. The van der Waals surface area contributed by atoms with Crippen molar-refractivity contribution in [1.82, 2.24) is 0 Å². The molecule has 2 aromatic carbocycles. The van der Waals surface area contributed by atoms with Gasteiger partial charge in [-0.15, -0.1) is 0 Å². The molecule has 2 aromatic rings. The van der Waals surface area contributed by atoms with Crippen molar-refractivity contribution >= 4 is 6.29 Å². The predicted octanol–water partition coefficient (Wildman–Crippen LogP) is 6.56. The monoisotopic (exact) mass is 334 g/mol. The summed E-state index contributed by atoms with van der Waals surface area (Å²) in [5.74, 6) is 1.47. The third kappa shape index (κ3) is 4.81. The fraction of sp³-hybridized carbons (Fsp3) is 0.458. The van der Waals surface area contributed by atoms with E-state index >= 15 is 0 Å².